The Morgan fingerprint density at radius 1 is 0.333 bits per heavy atom. The number of benzene rings is 9. The Morgan fingerprint density at radius 2 is 0.762 bits per heavy atom. The lowest BCUT2D eigenvalue weighted by molar-refractivity contribution is 0.769. The third kappa shape index (κ3) is 6.63. The molecule has 1 aromatic heterocycles. The quantitative estimate of drug-likeness (QED) is 0.143. The van der Waals surface area contributed by atoms with E-state index in [0.717, 1.165) is 83.7 Å². The molecule has 11 rings (SSSR count). The number of aromatic nitrogens is 2. The van der Waals surface area contributed by atoms with Crippen LogP contribution in [0.15, 0.2) is 237 Å². The lowest BCUT2D eigenvalue weighted by Gasteiger charge is -2.34. The highest BCUT2D eigenvalue weighted by Crippen LogP contribution is 2.59. The Kier molecular flexibility index (Phi) is 9.45. The molecular weight excluding hydrogens is 763 g/mol. The van der Waals surface area contributed by atoms with E-state index in [1.165, 1.54) is 11.1 Å². The lowest BCUT2D eigenvalue weighted by atomic mass is 9.67. The van der Waals surface area contributed by atoms with Crippen molar-refractivity contribution in [2.75, 3.05) is 0 Å². The van der Waals surface area contributed by atoms with Crippen molar-refractivity contribution in [3.8, 4) is 78.4 Å². The predicted octanol–water partition coefficient (Wildman–Crippen LogP) is 15.4. The van der Waals surface area contributed by atoms with Crippen LogP contribution in [0.25, 0.3) is 83.3 Å². The first-order valence-corrected chi connectivity index (χ1v) is 21.3. The molecule has 0 unspecified atom stereocenters. The summed E-state index contributed by atoms with van der Waals surface area (Å²) >= 11 is 0. The molecule has 0 fully saturated rings. The minimum atomic E-state index is -0.625. The van der Waals surface area contributed by atoms with E-state index >= 15 is 0 Å². The maximum absolute atomic E-state index is 8.22. The normalized spacial score (nSPS) is 12.2. The molecule has 1 heterocycles. The topological polar surface area (TPSA) is 30.1 Å². The zero-order valence-electron chi connectivity index (χ0n) is 34.4. The molecule has 3 nitrogen and oxygen atoms in total. The van der Waals surface area contributed by atoms with Crippen LogP contribution in [0.2, 0.25) is 0 Å². The molecule has 0 spiro atoms. The highest BCUT2D eigenvalue weighted by molar-refractivity contribution is 5.95. The van der Waals surface area contributed by atoms with Gasteiger partial charge in [0.1, 0.15) is 0 Å². The molecule has 1 aliphatic rings. The summed E-state index contributed by atoms with van der Waals surface area (Å²) in [6.07, 6.45) is 0. The number of hydrogen-bond acceptors (Lipinski definition) is 2. The van der Waals surface area contributed by atoms with Crippen molar-refractivity contribution in [2.45, 2.75) is 5.41 Å². The van der Waals surface area contributed by atoms with Gasteiger partial charge < -0.3 is 0 Å². The van der Waals surface area contributed by atoms with E-state index in [4.69, 9.17) is 16.5 Å². The van der Waals surface area contributed by atoms with Gasteiger partial charge in [-0.2, -0.15) is 0 Å². The first-order valence-electron chi connectivity index (χ1n) is 21.3. The molecular formula is C60H39N3. The fourth-order valence-electron chi connectivity index (χ4n) is 9.43. The van der Waals surface area contributed by atoms with Crippen molar-refractivity contribution in [1.29, 1.82) is 0 Å². The molecule has 0 saturated heterocycles. The van der Waals surface area contributed by atoms with E-state index in [1.54, 1.807) is 0 Å². The van der Waals surface area contributed by atoms with Crippen LogP contribution < -0.4 is 0 Å². The van der Waals surface area contributed by atoms with E-state index in [2.05, 4.69) is 217 Å². The highest BCUT2D eigenvalue weighted by atomic mass is 14.9. The summed E-state index contributed by atoms with van der Waals surface area (Å²) in [6.45, 7) is 8.22. The van der Waals surface area contributed by atoms with E-state index in [-0.39, 0.29) is 0 Å². The van der Waals surface area contributed by atoms with Crippen molar-refractivity contribution in [2.24, 2.45) is 0 Å². The zero-order chi connectivity index (χ0) is 42.2. The van der Waals surface area contributed by atoms with Gasteiger partial charge in [0.15, 0.2) is 11.5 Å². The van der Waals surface area contributed by atoms with E-state index in [9.17, 15) is 0 Å². The van der Waals surface area contributed by atoms with Crippen LogP contribution in [0.3, 0.4) is 0 Å². The molecule has 10 aromatic rings. The highest BCUT2D eigenvalue weighted by Gasteiger charge is 2.46. The predicted molar refractivity (Wildman–Crippen MR) is 258 cm³/mol. The zero-order valence-corrected chi connectivity index (χ0v) is 34.4. The fraction of sp³-hybridized carbons (Fsp3) is 0.0167. The van der Waals surface area contributed by atoms with Gasteiger partial charge in [-0.15, -0.1) is 0 Å². The Morgan fingerprint density at radius 3 is 1.30 bits per heavy atom. The van der Waals surface area contributed by atoms with Crippen LogP contribution in [0.4, 0.5) is 5.69 Å². The van der Waals surface area contributed by atoms with Gasteiger partial charge in [0.25, 0.3) is 0 Å². The van der Waals surface area contributed by atoms with Gasteiger partial charge in [-0.05, 0) is 85.0 Å². The summed E-state index contributed by atoms with van der Waals surface area (Å²) in [6, 6.07) is 83.2. The number of nitrogens with zero attached hydrogens (tertiary/aromatic N) is 3. The van der Waals surface area contributed by atoms with E-state index < -0.39 is 5.41 Å². The third-order valence-electron chi connectivity index (χ3n) is 12.4. The van der Waals surface area contributed by atoms with Gasteiger partial charge in [-0.25, -0.2) is 14.8 Å². The van der Waals surface area contributed by atoms with Crippen LogP contribution in [-0.2, 0) is 5.41 Å². The van der Waals surface area contributed by atoms with Crippen molar-refractivity contribution in [3.63, 3.8) is 0 Å². The van der Waals surface area contributed by atoms with Crippen LogP contribution in [0.5, 0.6) is 0 Å². The maximum Gasteiger partial charge on any atom is 0.195 e. The Labute approximate surface area is 368 Å². The van der Waals surface area contributed by atoms with E-state index in [0.29, 0.717) is 11.5 Å². The van der Waals surface area contributed by atoms with Crippen LogP contribution in [-0.4, -0.2) is 9.97 Å². The van der Waals surface area contributed by atoms with Crippen LogP contribution >= 0.6 is 0 Å². The van der Waals surface area contributed by atoms with Crippen molar-refractivity contribution in [3.05, 3.63) is 270 Å². The summed E-state index contributed by atoms with van der Waals surface area (Å²) in [5.41, 5.74) is 18.2. The minimum absolute atomic E-state index is 0.625. The summed E-state index contributed by atoms with van der Waals surface area (Å²) in [4.78, 5) is 14.6. The van der Waals surface area contributed by atoms with Crippen molar-refractivity contribution in [1.82, 2.24) is 9.97 Å². The molecule has 1 aliphatic carbocycles. The number of hydrogen-bond donors (Lipinski definition) is 0. The summed E-state index contributed by atoms with van der Waals surface area (Å²) in [5.74, 6) is 0.654. The largest absolute Gasteiger partial charge is 0.238 e. The second-order valence-electron chi connectivity index (χ2n) is 16.0. The molecule has 0 N–H and O–H groups in total. The van der Waals surface area contributed by atoms with Gasteiger partial charge in [0.2, 0.25) is 0 Å². The molecule has 3 heteroatoms. The number of rotatable bonds is 8. The monoisotopic (exact) mass is 801 g/mol. The average molecular weight is 802 g/mol. The first-order chi connectivity index (χ1) is 31.2. The van der Waals surface area contributed by atoms with Crippen LogP contribution in [0.1, 0.15) is 22.3 Å². The average Bonchev–Trinajstić information content (AvgIpc) is 3.68. The number of fused-ring (bicyclic) bond motifs is 3. The molecule has 0 radical (unpaired) electrons. The van der Waals surface area contributed by atoms with Gasteiger partial charge in [-0.3, -0.25) is 0 Å². The Bertz CT molecular complexity index is 3160. The van der Waals surface area contributed by atoms with Gasteiger partial charge >= 0.3 is 0 Å². The molecule has 63 heavy (non-hydrogen) atoms. The smallest absolute Gasteiger partial charge is 0.195 e. The molecule has 9 aromatic carbocycles. The summed E-state index contributed by atoms with van der Waals surface area (Å²) in [7, 11) is 0. The van der Waals surface area contributed by atoms with Gasteiger partial charge in [-0.1, -0.05) is 218 Å². The molecule has 0 amide bonds. The SMILES string of the molecule is [C-]#[N+]c1cccc2c1-c1ccc(-c3cccc(-c4nc(-c5ccc(-c6ccccc6)cc5)cc(-c5ccc(-c6ccccc6)cc5)n4)c3)cc1C2(c1ccccc1)c1ccccc1. The molecule has 294 valence electrons. The van der Waals surface area contributed by atoms with Crippen LogP contribution in [0, 0.1) is 6.57 Å². The summed E-state index contributed by atoms with van der Waals surface area (Å²) < 4.78 is 0. The molecule has 0 atom stereocenters. The van der Waals surface area contributed by atoms with Gasteiger partial charge in [0.05, 0.1) is 23.4 Å². The standard InChI is InChI=1S/C60H39N3/c1-61-55-27-15-26-53-58(55)52-37-36-48(39-54(52)60(53,50-22-10-4-11-23-50)51-24-12-5-13-25-51)47-20-14-21-49(38-47)59-62-56(45-32-28-43(29-33-45)41-16-6-2-7-17-41)40-57(63-59)46-34-30-44(31-35-46)42-18-8-3-9-19-42/h2-40H. The molecule has 0 saturated carbocycles. The Hall–Kier alpha value is -8.45. The van der Waals surface area contributed by atoms with Crippen molar-refractivity contribution < 1.29 is 0 Å². The van der Waals surface area contributed by atoms with E-state index in [1.807, 2.05) is 24.3 Å². The first kappa shape index (κ1) is 37.5. The second-order valence-corrected chi connectivity index (χ2v) is 16.0. The third-order valence-corrected chi connectivity index (χ3v) is 12.4. The second kappa shape index (κ2) is 15.9. The molecule has 0 aliphatic heterocycles. The van der Waals surface area contributed by atoms with Gasteiger partial charge in [0, 0.05) is 16.7 Å². The summed E-state index contributed by atoms with van der Waals surface area (Å²) in [5, 5.41) is 0. The fourth-order valence-corrected chi connectivity index (χ4v) is 9.43. The molecule has 0 bridgehead atoms. The maximum atomic E-state index is 8.22. The minimum Gasteiger partial charge on any atom is -0.238 e. The van der Waals surface area contributed by atoms with Crippen molar-refractivity contribution >= 4 is 5.69 Å². The lowest BCUT2D eigenvalue weighted by Crippen LogP contribution is -2.28. The Balaban J connectivity index is 1.05.